The zero-order valence-corrected chi connectivity index (χ0v) is 10.3. The molecule has 18 heavy (non-hydrogen) atoms. The molecule has 0 aliphatic rings. The van der Waals surface area contributed by atoms with E-state index in [1.54, 1.807) is 12.1 Å². The van der Waals surface area contributed by atoms with Crippen molar-refractivity contribution in [3.63, 3.8) is 0 Å². The van der Waals surface area contributed by atoms with Crippen molar-refractivity contribution in [3.8, 4) is 11.5 Å². The normalized spacial score (nSPS) is 11.2. The van der Waals surface area contributed by atoms with Crippen LogP contribution in [0.4, 0.5) is 4.39 Å². The second kappa shape index (κ2) is 6.64. The summed E-state index contributed by atoms with van der Waals surface area (Å²) >= 11 is 0. The molecule has 0 unspecified atom stereocenters. The Hall–Kier alpha value is -2.04. The highest BCUT2D eigenvalue weighted by Crippen LogP contribution is 2.29. The van der Waals surface area contributed by atoms with E-state index in [2.05, 4.69) is 0 Å². The summed E-state index contributed by atoms with van der Waals surface area (Å²) in [6.07, 6.45) is 1.78. The standard InChI is InChI=1S/C13H15FO4/c1-3-6-18-11-5-4-9(8-12(11)17-2)7-10(14)13(15)16/h4-5,7-8H,3,6H2,1-2H3,(H,15,16). The number of carboxylic acid groups (broad SMARTS) is 1. The number of methoxy groups -OCH3 is 1. The number of hydrogen-bond acceptors (Lipinski definition) is 3. The highest BCUT2D eigenvalue weighted by atomic mass is 19.1. The molecule has 0 aliphatic carbocycles. The van der Waals surface area contributed by atoms with Crippen LogP contribution >= 0.6 is 0 Å². The van der Waals surface area contributed by atoms with Gasteiger partial charge >= 0.3 is 5.97 Å². The van der Waals surface area contributed by atoms with Gasteiger partial charge in [-0.2, -0.15) is 4.39 Å². The Balaban J connectivity index is 2.98. The van der Waals surface area contributed by atoms with Gasteiger partial charge in [0.2, 0.25) is 5.83 Å². The molecule has 0 bridgehead atoms. The molecular weight excluding hydrogens is 239 g/mol. The molecule has 0 spiro atoms. The molecule has 98 valence electrons. The number of aliphatic carboxylic acids is 1. The maximum absolute atomic E-state index is 12.9. The van der Waals surface area contributed by atoms with E-state index >= 15 is 0 Å². The molecule has 0 aliphatic heterocycles. The first kappa shape index (κ1) is 14.0. The Kier molecular flexibility index (Phi) is 5.17. The molecule has 1 N–H and O–H groups in total. The van der Waals surface area contributed by atoms with E-state index in [-0.39, 0.29) is 0 Å². The van der Waals surface area contributed by atoms with Crippen LogP contribution in [0.2, 0.25) is 0 Å². The van der Waals surface area contributed by atoms with E-state index in [0.29, 0.717) is 23.7 Å². The van der Waals surface area contributed by atoms with Crippen LogP contribution in [0.3, 0.4) is 0 Å². The lowest BCUT2D eigenvalue weighted by Crippen LogP contribution is -1.98. The molecule has 4 nitrogen and oxygen atoms in total. The fraction of sp³-hybridized carbons (Fsp3) is 0.308. The first-order chi connectivity index (χ1) is 8.58. The summed E-state index contributed by atoms with van der Waals surface area (Å²) in [6.45, 7) is 2.53. The topological polar surface area (TPSA) is 55.8 Å². The Morgan fingerprint density at radius 1 is 1.44 bits per heavy atom. The summed E-state index contributed by atoms with van der Waals surface area (Å²) in [5, 5.41) is 8.44. The van der Waals surface area contributed by atoms with Gasteiger partial charge in [-0.05, 0) is 30.2 Å². The van der Waals surface area contributed by atoms with Crippen LogP contribution in [-0.2, 0) is 4.79 Å². The van der Waals surface area contributed by atoms with Gasteiger partial charge in [-0.1, -0.05) is 13.0 Å². The summed E-state index contributed by atoms with van der Waals surface area (Å²) in [7, 11) is 1.47. The van der Waals surface area contributed by atoms with Gasteiger partial charge in [0.1, 0.15) is 0 Å². The monoisotopic (exact) mass is 254 g/mol. The summed E-state index contributed by atoms with van der Waals surface area (Å²) in [6, 6.07) is 4.71. The predicted molar refractivity (Wildman–Crippen MR) is 65.5 cm³/mol. The van der Waals surface area contributed by atoms with Crippen LogP contribution in [0.15, 0.2) is 24.0 Å². The highest BCUT2D eigenvalue weighted by molar-refractivity contribution is 5.89. The van der Waals surface area contributed by atoms with Crippen molar-refractivity contribution < 1.29 is 23.8 Å². The minimum Gasteiger partial charge on any atom is -0.493 e. The maximum atomic E-state index is 12.9. The second-order valence-corrected chi connectivity index (χ2v) is 3.56. The van der Waals surface area contributed by atoms with E-state index in [9.17, 15) is 9.18 Å². The van der Waals surface area contributed by atoms with Crippen LogP contribution in [0, 0.1) is 0 Å². The van der Waals surface area contributed by atoms with Gasteiger partial charge in [-0.3, -0.25) is 0 Å². The first-order valence-electron chi connectivity index (χ1n) is 5.49. The van der Waals surface area contributed by atoms with Crippen LogP contribution < -0.4 is 9.47 Å². The quantitative estimate of drug-likeness (QED) is 0.793. The van der Waals surface area contributed by atoms with Crippen molar-refractivity contribution in [1.82, 2.24) is 0 Å². The van der Waals surface area contributed by atoms with Crippen molar-refractivity contribution in [3.05, 3.63) is 29.6 Å². The third kappa shape index (κ3) is 3.76. The summed E-state index contributed by atoms with van der Waals surface area (Å²) in [4.78, 5) is 10.4. The zero-order chi connectivity index (χ0) is 13.5. The third-order valence-electron chi connectivity index (χ3n) is 2.15. The number of ether oxygens (including phenoxy) is 2. The molecule has 0 saturated heterocycles. The maximum Gasteiger partial charge on any atom is 0.364 e. The van der Waals surface area contributed by atoms with Gasteiger partial charge in [0.25, 0.3) is 0 Å². The average molecular weight is 254 g/mol. The fourth-order valence-corrected chi connectivity index (χ4v) is 1.31. The molecule has 1 aromatic rings. The van der Waals surface area contributed by atoms with Crippen molar-refractivity contribution in [2.24, 2.45) is 0 Å². The summed E-state index contributed by atoms with van der Waals surface area (Å²) < 4.78 is 23.5. The Labute approximate surface area is 105 Å². The molecule has 1 aromatic carbocycles. The van der Waals surface area contributed by atoms with Crippen molar-refractivity contribution in [2.75, 3.05) is 13.7 Å². The van der Waals surface area contributed by atoms with Crippen LogP contribution in [0.25, 0.3) is 6.08 Å². The van der Waals surface area contributed by atoms with Gasteiger partial charge in [-0.15, -0.1) is 0 Å². The lowest BCUT2D eigenvalue weighted by molar-refractivity contribution is -0.134. The van der Waals surface area contributed by atoms with E-state index in [0.717, 1.165) is 12.5 Å². The fourth-order valence-electron chi connectivity index (χ4n) is 1.31. The van der Waals surface area contributed by atoms with Crippen LogP contribution in [0.1, 0.15) is 18.9 Å². The van der Waals surface area contributed by atoms with Gasteiger partial charge in [0.15, 0.2) is 11.5 Å². The Bertz CT molecular complexity index is 454. The van der Waals surface area contributed by atoms with Gasteiger partial charge in [0, 0.05) is 0 Å². The van der Waals surface area contributed by atoms with Crippen LogP contribution in [0.5, 0.6) is 11.5 Å². The van der Waals surface area contributed by atoms with Gasteiger partial charge in [-0.25, -0.2) is 4.79 Å². The smallest absolute Gasteiger partial charge is 0.364 e. The molecule has 0 fully saturated rings. The van der Waals surface area contributed by atoms with Crippen LogP contribution in [-0.4, -0.2) is 24.8 Å². The minimum absolute atomic E-state index is 0.399. The Morgan fingerprint density at radius 3 is 2.72 bits per heavy atom. The second-order valence-electron chi connectivity index (χ2n) is 3.56. The lowest BCUT2D eigenvalue weighted by atomic mass is 10.2. The Morgan fingerprint density at radius 2 is 2.17 bits per heavy atom. The summed E-state index contributed by atoms with van der Waals surface area (Å²) in [5.74, 6) is -1.83. The highest BCUT2D eigenvalue weighted by Gasteiger charge is 2.08. The number of carbonyl (C=O) groups is 1. The van der Waals surface area contributed by atoms with Crippen molar-refractivity contribution >= 4 is 12.0 Å². The molecule has 5 heteroatoms. The minimum atomic E-state index is -1.60. The lowest BCUT2D eigenvalue weighted by Gasteiger charge is -2.10. The zero-order valence-electron chi connectivity index (χ0n) is 10.3. The van der Waals surface area contributed by atoms with E-state index < -0.39 is 11.8 Å². The predicted octanol–water partition coefficient (Wildman–Crippen LogP) is 2.88. The summed E-state index contributed by atoms with van der Waals surface area (Å²) in [5.41, 5.74) is 0.399. The van der Waals surface area contributed by atoms with E-state index in [1.165, 1.54) is 13.2 Å². The number of halogens is 1. The number of rotatable bonds is 6. The largest absolute Gasteiger partial charge is 0.493 e. The molecule has 0 saturated carbocycles. The third-order valence-corrected chi connectivity index (χ3v) is 2.15. The number of hydrogen-bond donors (Lipinski definition) is 1. The SMILES string of the molecule is CCCOc1ccc(C=C(F)C(=O)O)cc1OC. The van der Waals surface area contributed by atoms with Crippen molar-refractivity contribution in [1.29, 1.82) is 0 Å². The molecule has 0 radical (unpaired) electrons. The average Bonchev–Trinajstić information content (AvgIpc) is 2.36. The van der Waals surface area contributed by atoms with Crippen molar-refractivity contribution in [2.45, 2.75) is 13.3 Å². The van der Waals surface area contributed by atoms with E-state index in [1.807, 2.05) is 6.92 Å². The molecular formula is C13H15FO4. The molecule has 0 aromatic heterocycles. The number of carboxylic acids is 1. The van der Waals surface area contributed by atoms with Gasteiger partial charge < -0.3 is 14.6 Å². The molecule has 0 heterocycles. The molecule has 0 atom stereocenters. The first-order valence-corrected chi connectivity index (χ1v) is 5.49. The molecule has 1 rings (SSSR count). The molecule has 0 amide bonds. The van der Waals surface area contributed by atoms with Gasteiger partial charge in [0.05, 0.1) is 13.7 Å². The number of benzene rings is 1. The van der Waals surface area contributed by atoms with E-state index in [4.69, 9.17) is 14.6 Å².